The smallest absolute Gasteiger partial charge is 0.433 e. The maximum absolute atomic E-state index is 12.7. The summed E-state index contributed by atoms with van der Waals surface area (Å²) in [6, 6.07) is 4.90. The van der Waals surface area contributed by atoms with Crippen LogP contribution in [0.3, 0.4) is 0 Å². The summed E-state index contributed by atoms with van der Waals surface area (Å²) in [5, 5.41) is 0. The highest BCUT2D eigenvalue weighted by Gasteiger charge is 2.33. The number of aromatic nitrogens is 2. The van der Waals surface area contributed by atoms with E-state index >= 15 is 0 Å². The number of thiophene rings is 1. The van der Waals surface area contributed by atoms with Gasteiger partial charge in [0.15, 0.2) is 5.69 Å². The second-order valence-electron chi connectivity index (χ2n) is 5.83. The molecule has 1 aliphatic rings. The minimum Gasteiger partial charge on any atom is -0.460 e. The van der Waals surface area contributed by atoms with Gasteiger partial charge in [0.1, 0.15) is 6.10 Å². The van der Waals surface area contributed by atoms with Crippen molar-refractivity contribution in [1.29, 1.82) is 0 Å². The molecule has 0 spiro atoms. The van der Waals surface area contributed by atoms with Gasteiger partial charge in [-0.3, -0.25) is 4.90 Å². The van der Waals surface area contributed by atoms with Gasteiger partial charge in [0.2, 0.25) is 0 Å². The number of hydrogen-bond acceptors (Lipinski definition) is 5. The van der Waals surface area contributed by atoms with Crippen molar-refractivity contribution in [3.63, 3.8) is 0 Å². The Hall–Kier alpha value is -1.67. The predicted octanol–water partition coefficient (Wildman–Crippen LogP) is 3.91. The molecule has 0 atom stereocenters. The molecule has 0 amide bonds. The normalized spacial score (nSPS) is 17.2. The Morgan fingerprint density at radius 1 is 1.25 bits per heavy atom. The molecule has 130 valence electrons. The van der Waals surface area contributed by atoms with Crippen LogP contribution >= 0.6 is 11.3 Å². The van der Waals surface area contributed by atoms with Crippen LogP contribution in [-0.2, 0) is 12.7 Å². The molecular formula is C16H18F3N3OS. The first kappa shape index (κ1) is 17.2. The molecular weight excluding hydrogens is 339 g/mol. The van der Waals surface area contributed by atoms with Crippen LogP contribution in [0.15, 0.2) is 24.4 Å². The van der Waals surface area contributed by atoms with E-state index in [1.165, 1.54) is 9.75 Å². The third kappa shape index (κ3) is 4.45. The van der Waals surface area contributed by atoms with Gasteiger partial charge in [-0.15, -0.1) is 11.3 Å². The lowest BCUT2D eigenvalue weighted by Gasteiger charge is -2.31. The van der Waals surface area contributed by atoms with E-state index in [2.05, 4.69) is 33.9 Å². The molecule has 0 radical (unpaired) electrons. The zero-order valence-electron chi connectivity index (χ0n) is 13.2. The highest BCUT2D eigenvalue weighted by molar-refractivity contribution is 7.11. The van der Waals surface area contributed by atoms with Crippen molar-refractivity contribution in [3.05, 3.63) is 39.8 Å². The van der Waals surface area contributed by atoms with Crippen LogP contribution in [0, 0.1) is 6.92 Å². The van der Waals surface area contributed by atoms with Crippen molar-refractivity contribution in [2.24, 2.45) is 0 Å². The van der Waals surface area contributed by atoms with Gasteiger partial charge in [-0.05, 0) is 38.0 Å². The summed E-state index contributed by atoms with van der Waals surface area (Å²) in [6.07, 6.45) is -2.04. The van der Waals surface area contributed by atoms with Gasteiger partial charge in [-0.25, -0.2) is 4.98 Å². The number of piperidine rings is 1. The number of alkyl halides is 3. The summed E-state index contributed by atoms with van der Waals surface area (Å²) in [7, 11) is 0. The van der Waals surface area contributed by atoms with Crippen LogP contribution in [0.25, 0.3) is 0 Å². The third-order valence-electron chi connectivity index (χ3n) is 3.91. The quantitative estimate of drug-likeness (QED) is 0.832. The monoisotopic (exact) mass is 357 g/mol. The van der Waals surface area contributed by atoms with Gasteiger partial charge in [0.25, 0.3) is 0 Å². The molecule has 3 heterocycles. The van der Waals surface area contributed by atoms with Gasteiger partial charge in [0.05, 0.1) is 0 Å². The van der Waals surface area contributed by atoms with Crippen molar-refractivity contribution in [1.82, 2.24) is 14.9 Å². The van der Waals surface area contributed by atoms with Gasteiger partial charge in [0, 0.05) is 35.6 Å². The molecule has 0 saturated carbocycles. The van der Waals surface area contributed by atoms with Crippen LogP contribution in [0.4, 0.5) is 13.2 Å². The van der Waals surface area contributed by atoms with Gasteiger partial charge in [-0.2, -0.15) is 18.2 Å². The minimum atomic E-state index is -4.48. The number of aryl methyl sites for hydroxylation is 1. The minimum absolute atomic E-state index is 0.144. The second-order valence-corrected chi connectivity index (χ2v) is 7.20. The first-order valence-electron chi connectivity index (χ1n) is 7.75. The Morgan fingerprint density at radius 2 is 2.00 bits per heavy atom. The molecule has 4 nitrogen and oxygen atoms in total. The number of likely N-dealkylation sites (tertiary alicyclic amines) is 1. The second kappa shape index (κ2) is 7.06. The van der Waals surface area contributed by atoms with E-state index in [4.69, 9.17) is 4.74 Å². The molecule has 8 heteroatoms. The van der Waals surface area contributed by atoms with Crippen LogP contribution in [0.2, 0.25) is 0 Å². The van der Waals surface area contributed by atoms with Crippen molar-refractivity contribution in [2.45, 2.75) is 38.6 Å². The number of rotatable bonds is 4. The highest BCUT2D eigenvalue weighted by Crippen LogP contribution is 2.28. The molecule has 3 rings (SSSR count). The molecule has 2 aromatic heterocycles. The Kier molecular flexibility index (Phi) is 5.05. The van der Waals surface area contributed by atoms with Crippen LogP contribution in [0.1, 0.15) is 28.3 Å². The number of ether oxygens (including phenoxy) is 1. The fraction of sp³-hybridized carbons (Fsp3) is 0.500. The topological polar surface area (TPSA) is 38.2 Å². The first-order chi connectivity index (χ1) is 11.4. The first-order valence-corrected chi connectivity index (χ1v) is 8.56. The summed E-state index contributed by atoms with van der Waals surface area (Å²) < 4.78 is 43.5. The molecule has 24 heavy (non-hydrogen) atoms. The number of hydrogen-bond donors (Lipinski definition) is 0. The summed E-state index contributed by atoms with van der Waals surface area (Å²) in [5.74, 6) is 0. The SMILES string of the molecule is Cc1ccc(CN2CCC(Oc3nccc(C(F)(F)F)n3)CC2)s1. The summed E-state index contributed by atoms with van der Waals surface area (Å²) in [6.45, 7) is 4.69. The average Bonchev–Trinajstić information content (AvgIpc) is 2.94. The maximum Gasteiger partial charge on any atom is 0.433 e. The Labute approximate surface area is 142 Å². The summed E-state index contributed by atoms with van der Waals surface area (Å²) in [4.78, 5) is 12.2. The van der Waals surface area contributed by atoms with Crippen molar-refractivity contribution < 1.29 is 17.9 Å². The number of halogens is 3. The van der Waals surface area contributed by atoms with E-state index in [-0.39, 0.29) is 12.1 Å². The standard InChI is InChI=1S/C16H18F3N3OS/c1-11-2-3-13(24-11)10-22-8-5-12(6-9-22)23-15-20-7-4-14(21-15)16(17,18)19/h2-4,7,12H,5-6,8-10H2,1H3. The molecule has 1 aliphatic heterocycles. The van der Waals surface area contributed by atoms with Gasteiger partial charge in [-0.1, -0.05) is 0 Å². The lowest BCUT2D eigenvalue weighted by Crippen LogP contribution is -2.37. The molecule has 0 N–H and O–H groups in total. The fourth-order valence-corrected chi connectivity index (χ4v) is 3.61. The van der Waals surface area contributed by atoms with E-state index in [0.717, 1.165) is 44.7 Å². The van der Waals surface area contributed by atoms with E-state index in [1.54, 1.807) is 11.3 Å². The summed E-state index contributed by atoms with van der Waals surface area (Å²) in [5.41, 5.74) is -0.974. The van der Waals surface area contributed by atoms with Gasteiger partial charge < -0.3 is 4.74 Å². The zero-order valence-corrected chi connectivity index (χ0v) is 14.0. The Morgan fingerprint density at radius 3 is 2.62 bits per heavy atom. The largest absolute Gasteiger partial charge is 0.460 e. The fourth-order valence-electron chi connectivity index (χ4n) is 2.68. The van der Waals surface area contributed by atoms with Gasteiger partial charge >= 0.3 is 12.2 Å². The molecule has 2 aromatic rings. The summed E-state index contributed by atoms with van der Waals surface area (Å²) >= 11 is 1.79. The molecule has 1 saturated heterocycles. The maximum atomic E-state index is 12.7. The molecule has 0 aliphatic carbocycles. The highest BCUT2D eigenvalue weighted by atomic mass is 32.1. The van der Waals surface area contributed by atoms with E-state index in [0.29, 0.717) is 0 Å². The van der Waals surface area contributed by atoms with Crippen LogP contribution < -0.4 is 4.74 Å². The van der Waals surface area contributed by atoms with Crippen molar-refractivity contribution in [3.8, 4) is 6.01 Å². The van der Waals surface area contributed by atoms with E-state index < -0.39 is 11.9 Å². The average molecular weight is 357 g/mol. The Balaban J connectivity index is 1.52. The number of nitrogens with zero attached hydrogens (tertiary/aromatic N) is 3. The predicted molar refractivity (Wildman–Crippen MR) is 85.0 cm³/mol. The third-order valence-corrected chi connectivity index (χ3v) is 4.89. The molecule has 1 fully saturated rings. The zero-order chi connectivity index (χ0) is 17.2. The van der Waals surface area contributed by atoms with Crippen LogP contribution in [0.5, 0.6) is 6.01 Å². The van der Waals surface area contributed by atoms with Crippen molar-refractivity contribution in [2.75, 3.05) is 13.1 Å². The van der Waals surface area contributed by atoms with E-state index in [1.807, 2.05) is 0 Å². The molecule has 0 aromatic carbocycles. The molecule has 0 bridgehead atoms. The lowest BCUT2D eigenvalue weighted by molar-refractivity contribution is -0.141. The Bertz CT molecular complexity index is 681. The van der Waals surface area contributed by atoms with E-state index in [9.17, 15) is 13.2 Å². The lowest BCUT2D eigenvalue weighted by atomic mass is 10.1. The van der Waals surface area contributed by atoms with Crippen LogP contribution in [-0.4, -0.2) is 34.1 Å². The van der Waals surface area contributed by atoms with Crippen molar-refractivity contribution >= 4 is 11.3 Å². The molecule has 0 unspecified atom stereocenters.